The molecule has 0 radical (unpaired) electrons. The van der Waals surface area contributed by atoms with E-state index in [1.54, 1.807) is 0 Å². The van der Waals surface area contributed by atoms with Crippen LogP contribution in [0.3, 0.4) is 0 Å². The number of hydrogen-bond donors (Lipinski definition) is 7. The van der Waals surface area contributed by atoms with E-state index in [1.807, 2.05) is 0 Å². The molecule has 3 heterocycles. The summed E-state index contributed by atoms with van der Waals surface area (Å²) in [4.78, 5) is 51.6. The van der Waals surface area contributed by atoms with E-state index in [0.717, 1.165) is 12.7 Å². The minimum absolute atomic E-state index is 0.0272. The highest BCUT2D eigenvalue weighted by atomic mass is 31.2. The number of ether oxygens (including phenoxy) is 1. The van der Waals surface area contributed by atoms with Gasteiger partial charge in [-0.15, -0.1) is 0 Å². The lowest BCUT2D eigenvalue weighted by molar-refractivity contribution is -0.144. The maximum atomic E-state index is 11.3. The fraction of sp³-hybridized carbons (Fsp3) is 0.500. The number of fused-ring (bicyclic) bond motifs is 1. The predicted molar refractivity (Wildman–Crippen MR) is 96.5 cm³/mol. The Bertz CT molecular complexity index is 1030. The number of nitrogens with zero attached hydrogens (tertiary/aromatic N) is 4. The second-order valence-corrected chi connectivity index (χ2v) is 7.75. The molecule has 2 aromatic rings. The van der Waals surface area contributed by atoms with Crippen molar-refractivity contribution in [1.82, 2.24) is 19.5 Å². The molecule has 170 valence electrons. The van der Waals surface area contributed by atoms with Gasteiger partial charge in [0.15, 0.2) is 23.2 Å². The molecular weight excluding hydrogens is 445 g/mol. The number of carbonyl (C=O) groups is 2. The highest BCUT2D eigenvalue weighted by molar-refractivity contribution is 7.46. The lowest BCUT2D eigenvalue weighted by atomic mass is 10.1. The van der Waals surface area contributed by atoms with Gasteiger partial charge in [-0.05, 0) is 0 Å². The lowest BCUT2D eigenvalue weighted by Gasteiger charge is -2.17. The van der Waals surface area contributed by atoms with E-state index >= 15 is 0 Å². The van der Waals surface area contributed by atoms with Crippen LogP contribution >= 0.6 is 7.82 Å². The Morgan fingerprint density at radius 3 is 2.55 bits per heavy atom. The summed E-state index contributed by atoms with van der Waals surface area (Å²) in [5.41, 5.74) is 0.0733. The minimum atomic E-state index is -4.83. The Morgan fingerprint density at radius 2 is 1.94 bits per heavy atom. The molecule has 1 fully saturated rings. The molecule has 0 amide bonds. The number of phosphoric ester groups is 1. The van der Waals surface area contributed by atoms with Crippen molar-refractivity contribution < 1.29 is 53.6 Å². The summed E-state index contributed by atoms with van der Waals surface area (Å²) in [6, 6.07) is -1.51. The van der Waals surface area contributed by atoms with Gasteiger partial charge in [0.25, 0.3) is 0 Å². The molecule has 1 unspecified atom stereocenters. The van der Waals surface area contributed by atoms with Crippen molar-refractivity contribution in [2.45, 2.75) is 37.0 Å². The highest BCUT2D eigenvalue weighted by Crippen LogP contribution is 2.39. The number of aliphatic carboxylic acids is 2. The molecule has 31 heavy (non-hydrogen) atoms. The van der Waals surface area contributed by atoms with Crippen LogP contribution in [0.4, 0.5) is 5.82 Å². The summed E-state index contributed by atoms with van der Waals surface area (Å²) < 4.78 is 21.8. The smallest absolute Gasteiger partial charge is 0.469 e. The monoisotopic (exact) mass is 463 g/mol. The Kier molecular flexibility index (Phi) is 6.51. The van der Waals surface area contributed by atoms with Crippen molar-refractivity contribution in [3.63, 3.8) is 0 Å². The summed E-state index contributed by atoms with van der Waals surface area (Å²) in [5, 5.41) is 40.9. The third-order valence-corrected chi connectivity index (χ3v) is 4.85. The molecule has 1 aliphatic rings. The van der Waals surface area contributed by atoms with Crippen LogP contribution < -0.4 is 5.32 Å². The van der Waals surface area contributed by atoms with Gasteiger partial charge in [-0.2, -0.15) is 0 Å². The number of rotatable bonds is 9. The van der Waals surface area contributed by atoms with Crippen molar-refractivity contribution in [2.24, 2.45) is 0 Å². The summed E-state index contributed by atoms with van der Waals surface area (Å²) in [6.45, 7) is -0.705. The van der Waals surface area contributed by atoms with Crippen LogP contribution in [0.2, 0.25) is 0 Å². The lowest BCUT2D eigenvalue weighted by Crippen LogP contribution is -2.33. The van der Waals surface area contributed by atoms with Crippen LogP contribution in [0.25, 0.3) is 11.2 Å². The molecule has 5 atom stereocenters. The average molecular weight is 463 g/mol. The molecule has 0 bridgehead atoms. The molecule has 0 saturated carbocycles. The Hall–Kier alpha value is -2.72. The van der Waals surface area contributed by atoms with E-state index in [2.05, 4.69) is 24.8 Å². The molecule has 0 aliphatic carbocycles. The quantitative estimate of drug-likeness (QED) is 0.197. The first-order valence-electron chi connectivity index (χ1n) is 8.58. The molecule has 2 aromatic heterocycles. The molecule has 0 spiro atoms. The van der Waals surface area contributed by atoms with E-state index in [0.29, 0.717) is 0 Å². The van der Waals surface area contributed by atoms with Gasteiger partial charge >= 0.3 is 19.8 Å². The minimum Gasteiger partial charge on any atom is -0.481 e. The molecule has 16 nitrogen and oxygen atoms in total. The Morgan fingerprint density at radius 1 is 1.23 bits per heavy atom. The van der Waals surface area contributed by atoms with E-state index < -0.39 is 63.4 Å². The Balaban J connectivity index is 1.86. The number of phosphoric acid groups is 1. The fourth-order valence-corrected chi connectivity index (χ4v) is 3.29. The molecular formula is C14H18N5O11P. The maximum Gasteiger partial charge on any atom is 0.469 e. The van der Waals surface area contributed by atoms with E-state index in [-0.39, 0.29) is 17.0 Å². The number of carboxylic acid groups (broad SMARTS) is 2. The predicted octanol–water partition coefficient (Wildman–Crippen LogP) is -2.11. The zero-order chi connectivity index (χ0) is 22.9. The maximum absolute atomic E-state index is 11.3. The van der Waals surface area contributed by atoms with Gasteiger partial charge in [-0.25, -0.2) is 24.3 Å². The third-order valence-electron chi connectivity index (χ3n) is 4.36. The zero-order valence-electron chi connectivity index (χ0n) is 15.4. The molecule has 3 rings (SSSR count). The van der Waals surface area contributed by atoms with Crippen LogP contribution in [0, 0.1) is 0 Å². The first-order valence-corrected chi connectivity index (χ1v) is 10.1. The first-order chi connectivity index (χ1) is 14.5. The number of anilines is 1. The van der Waals surface area contributed by atoms with Crippen LogP contribution in [0.15, 0.2) is 12.7 Å². The topological polar surface area (TPSA) is 247 Å². The van der Waals surface area contributed by atoms with Crippen LogP contribution in [-0.2, 0) is 23.4 Å². The van der Waals surface area contributed by atoms with Gasteiger partial charge in [-0.1, -0.05) is 0 Å². The van der Waals surface area contributed by atoms with E-state index in [9.17, 15) is 29.5 Å². The molecule has 1 aliphatic heterocycles. The van der Waals surface area contributed by atoms with Crippen LogP contribution in [0.5, 0.6) is 0 Å². The van der Waals surface area contributed by atoms with Gasteiger partial charge in [-0.3, -0.25) is 13.9 Å². The zero-order valence-corrected chi connectivity index (χ0v) is 16.3. The second-order valence-electron chi connectivity index (χ2n) is 6.51. The molecule has 1 saturated heterocycles. The van der Waals surface area contributed by atoms with Crippen molar-refractivity contribution in [2.75, 3.05) is 11.9 Å². The number of nitrogens with one attached hydrogen (secondary N) is 1. The molecule has 0 aromatic carbocycles. The summed E-state index contributed by atoms with van der Waals surface area (Å²) >= 11 is 0. The number of imidazole rings is 1. The van der Waals surface area contributed by atoms with Crippen molar-refractivity contribution >= 4 is 36.7 Å². The number of hydrogen-bond acceptors (Lipinski definition) is 11. The number of aliphatic hydroxyl groups is 2. The third kappa shape index (κ3) is 5.13. The Labute approximate surface area is 172 Å². The van der Waals surface area contributed by atoms with E-state index in [4.69, 9.17) is 19.6 Å². The number of carboxylic acids is 2. The summed E-state index contributed by atoms with van der Waals surface area (Å²) in [5.74, 6) is -2.87. The van der Waals surface area contributed by atoms with Crippen molar-refractivity contribution in [3.8, 4) is 0 Å². The highest BCUT2D eigenvalue weighted by Gasteiger charge is 2.45. The second kappa shape index (κ2) is 8.80. The molecule has 17 heteroatoms. The van der Waals surface area contributed by atoms with Gasteiger partial charge in [0, 0.05) is 0 Å². The van der Waals surface area contributed by atoms with Crippen molar-refractivity contribution in [1.29, 1.82) is 0 Å². The summed E-state index contributed by atoms with van der Waals surface area (Å²) in [7, 11) is -4.83. The summed E-state index contributed by atoms with van der Waals surface area (Å²) in [6.07, 6.45) is -4.20. The van der Waals surface area contributed by atoms with Gasteiger partial charge in [0.1, 0.15) is 30.7 Å². The van der Waals surface area contributed by atoms with E-state index in [1.165, 1.54) is 4.57 Å². The number of aromatic nitrogens is 4. The number of aliphatic hydroxyl groups excluding tert-OH is 2. The molecule has 7 N–H and O–H groups in total. The first kappa shape index (κ1) is 23.0. The van der Waals surface area contributed by atoms with Crippen LogP contribution in [-0.4, -0.2) is 92.6 Å². The van der Waals surface area contributed by atoms with Gasteiger partial charge in [0.2, 0.25) is 0 Å². The SMILES string of the molecule is O=C(O)CC(Nc1ncnc2c1ncn2[C@@H]1O[C@H](COP(=O)(O)O)[C@H](O)[C@H]1O)C(=O)O. The van der Waals surface area contributed by atoms with Crippen LogP contribution in [0.1, 0.15) is 12.6 Å². The average Bonchev–Trinajstić information content (AvgIpc) is 3.21. The largest absolute Gasteiger partial charge is 0.481 e. The van der Waals surface area contributed by atoms with Gasteiger partial charge < -0.3 is 40.3 Å². The normalized spacial score (nSPS) is 24.9. The fourth-order valence-electron chi connectivity index (χ4n) is 2.95. The van der Waals surface area contributed by atoms with Gasteiger partial charge in [0.05, 0.1) is 19.4 Å². The standard InChI is InChI=1S/C14H18N5O11P/c20-7(21)1-5(14(24)25)18-11-8-12(16-3-15-11)19(4-17-8)13-10(23)9(22)6(30-13)2-29-31(26,27)28/h3-6,9-10,13,22-23H,1-2H2,(H,20,21)(H,24,25)(H,15,16,18)(H2,26,27,28)/t5?,6-,9+,10-,13-/m1/s1. The van der Waals surface area contributed by atoms with Crippen molar-refractivity contribution in [3.05, 3.63) is 12.7 Å².